The van der Waals surface area contributed by atoms with Gasteiger partial charge in [0.05, 0.1) is 11.9 Å². The number of nitrogens with one attached hydrogen (secondary N) is 2. The average molecular weight is 490 g/mol. The maximum Gasteiger partial charge on any atom is 0.241 e. The molecule has 0 atom stereocenters. The van der Waals surface area contributed by atoms with E-state index in [0.717, 1.165) is 0 Å². The third kappa shape index (κ3) is 4.80. The Morgan fingerprint density at radius 2 is 1.91 bits per heavy atom. The Labute approximate surface area is 189 Å². The number of sulfonamides is 2. The molecule has 13 nitrogen and oxygen atoms in total. The van der Waals surface area contributed by atoms with Gasteiger partial charge in [0.1, 0.15) is 15.6 Å². The minimum atomic E-state index is -4.55. The van der Waals surface area contributed by atoms with Crippen LogP contribution in [0.4, 0.5) is 5.82 Å². The second-order valence-electron chi connectivity index (χ2n) is 6.92. The molecule has 1 aliphatic heterocycles. The number of nitrogen functional groups attached to an aromatic ring is 1. The van der Waals surface area contributed by atoms with Crippen molar-refractivity contribution >= 4 is 31.7 Å². The maximum atomic E-state index is 13.1. The highest BCUT2D eigenvalue weighted by Crippen LogP contribution is 2.34. The van der Waals surface area contributed by atoms with Crippen LogP contribution in [-0.4, -0.2) is 50.8 Å². The van der Waals surface area contributed by atoms with Crippen LogP contribution in [-0.2, 0) is 26.5 Å². The molecular formula is C18H19N9O4S2. The number of aromatic amines is 1. The molecule has 0 amide bonds. The molecule has 1 aliphatic rings. The molecule has 0 unspecified atom stereocenters. The quantitative estimate of drug-likeness (QED) is 0.349. The predicted octanol–water partition coefficient (Wildman–Crippen LogP) is 0.392. The zero-order valence-electron chi connectivity index (χ0n) is 17.0. The second kappa shape index (κ2) is 8.78. The number of rotatable bonds is 8. The number of imidazole rings is 1. The molecule has 6 N–H and O–H groups in total. The Balaban J connectivity index is 1.87. The summed E-state index contributed by atoms with van der Waals surface area (Å²) in [4.78, 5) is 13.7. The monoisotopic (exact) mass is 489 g/mol. The Kier molecular flexibility index (Phi) is 6.03. The Morgan fingerprint density at radius 3 is 2.52 bits per heavy atom. The van der Waals surface area contributed by atoms with Gasteiger partial charge in [-0.05, 0) is 23.8 Å². The van der Waals surface area contributed by atoms with Gasteiger partial charge in [-0.25, -0.2) is 41.7 Å². The molecule has 15 heteroatoms. The second-order valence-corrected chi connectivity index (χ2v) is 10.2. The summed E-state index contributed by atoms with van der Waals surface area (Å²) < 4.78 is 54.0. The summed E-state index contributed by atoms with van der Waals surface area (Å²) in [5.74, 6) is 0.200. The van der Waals surface area contributed by atoms with Crippen molar-refractivity contribution in [3.63, 3.8) is 0 Å². The minimum absolute atomic E-state index is 0.00575. The van der Waals surface area contributed by atoms with Gasteiger partial charge in [-0.15, -0.1) is 5.11 Å². The normalized spacial score (nSPS) is 13.9. The lowest BCUT2D eigenvalue weighted by Crippen LogP contribution is -2.29. The van der Waals surface area contributed by atoms with Crippen LogP contribution in [0.1, 0.15) is 11.3 Å². The van der Waals surface area contributed by atoms with E-state index in [1.807, 2.05) is 0 Å². The van der Waals surface area contributed by atoms with Crippen LogP contribution in [0.15, 0.2) is 68.0 Å². The zero-order chi connectivity index (χ0) is 23.6. The fourth-order valence-electron chi connectivity index (χ4n) is 3.26. The summed E-state index contributed by atoms with van der Waals surface area (Å²) in [6.07, 6.45) is 4.76. The largest absolute Gasteiger partial charge is 0.384 e. The summed E-state index contributed by atoms with van der Waals surface area (Å²) in [5, 5.41) is 13.1. The van der Waals surface area contributed by atoms with E-state index in [-0.39, 0.29) is 30.4 Å². The van der Waals surface area contributed by atoms with E-state index >= 15 is 0 Å². The minimum Gasteiger partial charge on any atom is -0.384 e. The Morgan fingerprint density at radius 1 is 1.09 bits per heavy atom. The van der Waals surface area contributed by atoms with Crippen molar-refractivity contribution < 1.29 is 16.8 Å². The molecule has 33 heavy (non-hydrogen) atoms. The van der Waals surface area contributed by atoms with Crippen molar-refractivity contribution in [3.8, 4) is 11.1 Å². The first-order valence-electron chi connectivity index (χ1n) is 9.48. The SMILES string of the molecule is Nc1ccc(-c2ccc(S(=O)(=O)NCCc3cnc[nH]3)c(S(N)(=O)=O)c2C2=NCN=N2)cn1. The van der Waals surface area contributed by atoms with Crippen LogP contribution in [0.25, 0.3) is 11.1 Å². The first-order chi connectivity index (χ1) is 15.7. The molecule has 2 aromatic heterocycles. The summed E-state index contributed by atoms with van der Waals surface area (Å²) in [6.45, 7) is -0.0353. The van der Waals surface area contributed by atoms with Crippen molar-refractivity contribution in [1.29, 1.82) is 0 Å². The van der Waals surface area contributed by atoms with Crippen LogP contribution in [0.2, 0.25) is 0 Å². The first-order valence-corrected chi connectivity index (χ1v) is 12.5. The summed E-state index contributed by atoms with van der Waals surface area (Å²) in [7, 11) is -8.85. The summed E-state index contributed by atoms with van der Waals surface area (Å²) in [5.41, 5.74) is 7.04. The number of aromatic nitrogens is 3. The topological polar surface area (TPSA) is 211 Å². The van der Waals surface area contributed by atoms with Crippen molar-refractivity contribution in [2.45, 2.75) is 16.2 Å². The van der Waals surface area contributed by atoms with Gasteiger partial charge in [-0.2, -0.15) is 5.11 Å². The first kappa shape index (κ1) is 22.7. The molecule has 4 rings (SSSR count). The third-order valence-corrected chi connectivity index (χ3v) is 7.33. The van der Waals surface area contributed by atoms with Gasteiger partial charge in [0.2, 0.25) is 20.0 Å². The molecule has 1 aromatic carbocycles. The van der Waals surface area contributed by atoms with Gasteiger partial charge in [-0.3, -0.25) is 0 Å². The molecule has 3 aromatic rings. The van der Waals surface area contributed by atoms with E-state index in [9.17, 15) is 16.8 Å². The lowest BCUT2D eigenvalue weighted by atomic mass is 10.00. The number of primary sulfonamides is 1. The average Bonchev–Trinajstić information content (AvgIpc) is 3.47. The molecule has 0 bridgehead atoms. The highest BCUT2D eigenvalue weighted by Gasteiger charge is 2.32. The van der Waals surface area contributed by atoms with Crippen LogP contribution < -0.4 is 15.6 Å². The van der Waals surface area contributed by atoms with E-state index < -0.39 is 29.8 Å². The van der Waals surface area contributed by atoms with Gasteiger partial charge in [0.15, 0.2) is 12.5 Å². The Hall–Kier alpha value is -3.53. The number of H-pyrrole nitrogens is 1. The Bertz CT molecular complexity index is 1450. The molecular weight excluding hydrogens is 470 g/mol. The fraction of sp³-hybridized carbons (Fsp3) is 0.167. The molecule has 3 heterocycles. The number of amidine groups is 1. The molecule has 172 valence electrons. The van der Waals surface area contributed by atoms with Gasteiger partial charge in [0.25, 0.3) is 0 Å². The lowest BCUT2D eigenvalue weighted by Gasteiger charge is -2.17. The van der Waals surface area contributed by atoms with Crippen molar-refractivity contribution in [3.05, 3.63) is 54.2 Å². The number of nitrogens with two attached hydrogens (primary N) is 2. The standard InChI is InChI=1S/C18H19N9O4S2/c19-15-4-1-11(7-22-15)13-2-3-14(33(30,31)26-6-5-12-8-21-9-23-12)17(32(20,28)29)16(13)18-24-10-25-27-18/h1-4,7-9,26H,5-6,10H2,(H2,19,22)(H,21,23)(H2,20,28,29). The van der Waals surface area contributed by atoms with E-state index in [2.05, 4.69) is 34.9 Å². The van der Waals surface area contributed by atoms with Crippen LogP contribution in [0.5, 0.6) is 0 Å². The summed E-state index contributed by atoms with van der Waals surface area (Å²) >= 11 is 0. The predicted molar refractivity (Wildman–Crippen MR) is 119 cm³/mol. The number of azo groups is 1. The third-order valence-electron chi connectivity index (χ3n) is 4.71. The smallest absolute Gasteiger partial charge is 0.241 e. The molecule has 0 fully saturated rings. The molecule has 0 saturated heterocycles. The van der Waals surface area contributed by atoms with Crippen LogP contribution in [0.3, 0.4) is 0 Å². The molecule has 0 spiro atoms. The van der Waals surface area contributed by atoms with E-state index in [4.69, 9.17) is 10.9 Å². The lowest BCUT2D eigenvalue weighted by molar-refractivity contribution is 0.573. The highest BCUT2D eigenvalue weighted by atomic mass is 32.2. The van der Waals surface area contributed by atoms with Crippen molar-refractivity contribution in [2.24, 2.45) is 20.4 Å². The van der Waals surface area contributed by atoms with Crippen LogP contribution >= 0.6 is 0 Å². The number of benzene rings is 1. The maximum absolute atomic E-state index is 13.1. The van der Waals surface area contributed by atoms with Gasteiger partial charge < -0.3 is 10.7 Å². The number of aliphatic imine (C=N–C) groups is 1. The highest BCUT2D eigenvalue weighted by molar-refractivity contribution is 7.92. The van der Waals surface area contributed by atoms with Crippen molar-refractivity contribution in [2.75, 3.05) is 18.9 Å². The fourth-order valence-corrected chi connectivity index (χ4v) is 5.89. The number of hydrogen-bond acceptors (Lipinski definition) is 10. The van der Waals surface area contributed by atoms with Gasteiger partial charge in [0, 0.05) is 36.6 Å². The van der Waals surface area contributed by atoms with E-state index in [1.54, 1.807) is 12.3 Å². The number of pyridine rings is 1. The van der Waals surface area contributed by atoms with Gasteiger partial charge >= 0.3 is 0 Å². The van der Waals surface area contributed by atoms with E-state index in [0.29, 0.717) is 23.2 Å². The van der Waals surface area contributed by atoms with E-state index in [1.165, 1.54) is 30.7 Å². The van der Waals surface area contributed by atoms with Gasteiger partial charge in [-0.1, -0.05) is 6.07 Å². The number of hydrogen-bond donors (Lipinski definition) is 4. The number of anilines is 1. The molecule has 0 saturated carbocycles. The molecule has 0 aliphatic carbocycles. The molecule has 0 radical (unpaired) electrons. The van der Waals surface area contributed by atoms with Crippen molar-refractivity contribution in [1.82, 2.24) is 19.7 Å². The zero-order valence-corrected chi connectivity index (χ0v) is 18.6. The number of nitrogens with zero attached hydrogens (tertiary/aromatic N) is 5. The summed E-state index contributed by atoms with van der Waals surface area (Å²) in [6, 6.07) is 5.74. The van der Waals surface area contributed by atoms with Crippen LogP contribution in [0, 0.1) is 0 Å².